The highest BCUT2D eigenvalue weighted by atomic mass is 35.5. The van der Waals surface area contributed by atoms with Crippen LogP contribution in [-0.2, 0) is 0 Å². The maximum atomic E-state index is 11.6. The van der Waals surface area contributed by atoms with E-state index in [1.54, 1.807) is 25.1 Å². The van der Waals surface area contributed by atoms with Crippen LogP contribution in [0.25, 0.3) is 0 Å². The van der Waals surface area contributed by atoms with Gasteiger partial charge in [0.2, 0.25) is 0 Å². The first kappa shape index (κ1) is 12.0. The predicted molar refractivity (Wildman–Crippen MR) is 60.2 cm³/mol. The maximum absolute atomic E-state index is 11.6. The van der Waals surface area contributed by atoms with Crippen molar-refractivity contribution in [3.05, 3.63) is 34.3 Å². The van der Waals surface area contributed by atoms with Crippen LogP contribution in [0.1, 0.15) is 22.8 Å². The van der Waals surface area contributed by atoms with E-state index in [-0.39, 0.29) is 12.5 Å². The number of benzene rings is 1. The van der Waals surface area contributed by atoms with Crippen LogP contribution in [0.4, 0.5) is 0 Å². The summed E-state index contributed by atoms with van der Waals surface area (Å²) in [5, 5.41) is 12.2. The molecule has 0 aliphatic carbocycles. The molecule has 1 aromatic rings. The van der Waals surface area contributed by atoms with Crippen molar-refractivity contribution >= 4 is 17.5 Å². The number of nitrogens with one attached hydrogen (secondary N) is 1. The normalized spacial score (nSPS) is 12.3. The Labute approximate surface area is 94.1 Å². The summed E-state index contributed by atoms with van der Waals surface area (Å²) in [6.07, 6.45) is -0.548. The Balaban J connectivity index is 2.77. The summed E-state index contributed by atoms with van der Waals surface area (Å²) >= 11 is 5.79. The molecule has 1 rings (SSSR count). The van der Waals surface area contributed by atoms with Gasteiger partial charge >= 0.3 is 0 Å². The lowest BCUT2D eigenvalue weighted by atomic mass is 10.1. The Morgan fingerprint density at radius 2 is 2.27 bits per heavy atom. The van der Waals surface area contributed by atoms with E-state index in [1.807, 2.05) is 6.92 Å². The highest BCUT2D eigenvalue weighted by molar-refractivity contribution is 6.31. The summed E-state index contributed by atoms with van der Waals surface area (Å²) in [6, 6.07) is 5.15. The van der Waals surface area contributed by atoms with E-state index < -0.39 is 6.10 Å². The molecule has 4 heteroatoms. The number of aliphatic hydroxyl groups is 1. The number of aryl methyl sites for hydroxylation is 1. The van der Waals surface area contributed by atoms with Crippen LogP contribution in [-0.4, -0.2) is 23.7 Å². The minimum atomic E-state index is -0.548. The van der Waals surface area contributed by atoms with Gasteiger partial charge in [0, 0.05) is 17.1 Å². The molecule has 0 spiro atoms. The Morgan fingerprint density at radius 3 is 2.87 bits per heavy atom. The third kappa shape index (κ3) is 3.53. The van der Waals surface area contributed by atoms with Gasteiger partial charge in [-0.25, -0.2) is 0 Å². The van der Waals surface area contributed by atoms with Crippen LogP contribution in [0.2, 0.25) is 5.02 Å². The lowest BCUT2D eigenvalue weighted by Gasteiger charge is -2.09. The minimum Gasteiger partial charge on any atom is -0.392 e. The third-order valence-electron chi connectivity index (χ3n) is 2.00. The Hall–Kier alpha value is -1.06. The van der Waals surface area contributed by atoms with E-state index in [1.165, 1.54) is 0 Å². The van der Waals surface area contributed by atoms with Crippen molar-refractivity contribution in [1.82, 2.24) is 5.32 Å². The molecule has 1 amide bonds. The molecule has 1 aromatic carbocycles. The molecular formula is C11H14ClNO2. The van der Waals surface area contributed by atoms with Crippen LogP contribution in [0, 0.1) is 6.92 Å². The van der Waals surface area contributed by atoms with Crippen molar-refractivity contribution in [2.24, 2.45) is 0 Å². The Kier molecular flexibility index (Phi) is 4.12. The van der Waals surface area contributed by atoms with Gasteiger partial charge in [-0.3, -0.25) is 4.79 Å². The topological polar surface area (TPSA) is 49.3 Å². The van der Waals surface area contributed by atoms with Gasteiger partial charge in [0.1, 0.15) is 0 Å². The second-order valence-corrected chi connectivity index (χ2v) is 3.95. The summed E-state index contributed by atoms with van der Waals surface area (Å²) in [5.41, 5.74) is 1.41. The van der Waals surface area contributed by atoms with Crippen molar-refractivity contribution in [3.8, 4) is 0 Å². The van der Waals surface area contributed by atoms with Gasteiger partial charge in [0.05, 0.1) is 6.10 Å². The van der Waals surface area contributed by atoms with Crippen molar-refractivity contribution in [3.63, 3.8) is 0 Å². The van der Waals surface area contributed by atoms with E-state index in [4.69, 9.17) is 16.7 Å². The van der Waals surface area contributed by atoms with Crippen LogP contribution in [0.15, 0.2) is 18.2 Å². The second kappa shape index (κ2) is 5.14. The van der Waals surface area contributed by atoms with E-state index in [0.29, 0.717) is 10.6 Å². The zero-order chi connectivity index (χ0) is 11.4. The van der Waals surface area contributed by atoms with Gasteiger partial charge in [-0.15, -0.1) is 0 Å². The summed E-state index contributed by atoms with van der Waals surface area (Å²) < 4.78 is 0. The Morgan fingerprint density at radius 1 is 1.60 bits per heavy atom. The molecule has 3 nitrogen and oxygen atoms in total. The lowest BCUT2D eigenvalue weighted by Crippen LogP contribution is -2.30. The summed E-state index contributed by atoms with van der Waals surface area (Å²) in [5.74, 6) is -0.212. The summed E-state index contributed by atoms with van der Waals surface area (Å²) in [7, 11) is 0. The van der Waals surface area contributed by atoms with E-state index in [9.17, 15) is 4.79 Å². The van der Waals surface area contributed by atoms with E-state index in [2.05, 4.69) is 5.32 Å². The van der Waals surface area contributed by atoms with Crippen LogP contribution in [0.5, 0.6) is 0 Å². The fraction of sp³-hybridized carbons (Fsp3) is 0.364. The molecular weight excluding hydrogens is 214 g/mol. The molecule has 0 heterocycles. The molecule has 0 aliphatic rings. The fourth-order valence-electron chi connectivity index (χ4n) is 1.17. The molecule has 0 saturated carbocycles. The smallest absolute Gasteiger partial charge is 0.251 e. The van der Waals surface area contributed by atoms with Crippen molar-refractivity contribution < 1.29 is 9.90 Å². The van der Waals surface area contributed by atoms with E-state index in [0.717, 1.165) is 5.56 Å². The van der Waals surface area contributed by atoms with Crippen molar-refractivity contribution in [2.45, 2.75) is 20.0 Å². The number of hydrogen-bond acceptors (Lipinski definition) is 2. The van der Waals surface area contributed by atoms with E-state index >= 15 is 0 Å². The van der Waals surface area contributed by atoms with Gasteiger partial charge in [-0.2, -0.15) is 0 Å². The van der Waals surface area contributed by atoms with Crippen LogP contribution < -0.4 is 5.32 Å². The first-order valence-electron chi connectivity index (χ1n) is 4.73. The van der Waals surface area contributed by atoms with Crippen molar-refractivity contribution in [1.29, 1.82) is 0 Å². The highest BCUT2D eigenvalue weighted by Crippen LogP contribution is 2.15. The largest absolute Gasteiger partial charge is 0.392 e. The number of amides is 1. The molecule has 15 heavy (non-hydrogen) atoms. The molecule has 1 unspecified atom stereocenters. The molecule has 0 bridgehead atoms. The second-order valence-electron chi connectivity index (χ2n) is 3.52. The average Bonchev–Trinajstić information content (AvgIpc) is 2.18. The average molecular weight is 228 g/mol. The molecule has 0 aromatic heterocycles. The number of carbonyl (C=O) groups is 1. The predicted octanol–water partition coefficient (Wildman–Crippen LogP) is 1.76. The molecule has 0 saturated heterocycles. The van der Waals surface area contributed by atoms with Crippen LogP contribution >= 0.6 is 11.6 Å². The van der Waals surface area contributed by atoms with Crippen molar-refractivity contribution in [2.75, 3.05) is 6.54 Å². The number of aliphatic hydroxyl groups excluding tert-OH is 1. The molecule has 2 N–H and O–H groups in total. The first-order valence-corrected chi connectivity index (χ1v) is 5.11. The number of rotatable bonds is 3. The molecule has 82 valence electrons. The number of carbonyl (C=O) groups excluding carboxylic acids is 1. The summed E-state index contributed by atoms with van der Waals surface area (Å²) in [6.45, 7) is 3.70. The fourth-order valence-corrected chi connectivity index (χ4v) is 1.35. The number of hydrogen-bond donors (Lipinski definition) is 2. The van der Waals surface area contributed by atoms with Gasteiger partial charge in [-0.05, 0) is 31.5 Å². The highest BCUT2D eigenvalue weighted by Gasteiger charge is 2.09. The first-order chi connectivity index (χ1) is 7.00. The SMILES string of the molecule is Cc1ccc(Cl)cc1C(=O)NCC(C)O. The molecule has 0 fully saturated rings. The van der Waals surface area contributed by atoms with Gasteiger partial charge in [0.25, 0.3) is 5.91 Å². The zero-order valence-electron chi connectivity index (χ0n) is 8.75. The number of halogens is 1. The molecule has 0 aliphatic heterocycles. The standard InChI is InChI=1S/C11H14ClNO2/c1-7-3-4-9(12)5-10(7)11(15)13-6-8(2)14/h3-5,8,14H,6H2,1-2H3,(H,13,15). The lowest BCUT2D eigenvalue weighted by molar-refractivity contribution is 0.0923. The van der Waals surface area contributed by atoms with Gasteiger partial charge in [-0.1, -0.05) is 17.7 Å². The zero-order valence-corrected chi connectivity index (χ0v) is 9.51. The van der Waals surface area contributed by atoms with Crippen LogP contribution in [0.3, 0.4) is 0 Å². The maximum Gasteiger partial charge on any atom is 0.251 e. The van der Waals surface area contributed by atoms with Gasteiger partial charge in [0.15, 0.2) is 0 Å². The summed E-state index contributed by atoms with van der Waals surface area (Å²) in [4.78, 5) is 11.6. The minimum absolute atomic E-state index is 0.212. The Bertz CT molecular complexity index is 364. The molecule has 1 atom stereocenters. The third-order valence-corrected chi connectivity index (χ3v) is 2.24. The van der Waals surface area contributed by atoms with Gasteiger partial charge < -0.3 is 10.4 Å². The quantitative estimate of drug-likeness (QED) is 0.827. The monoisotopic (exact) mass is 227 g/mol. The molecule has 0 radical (unpaired) electrons.